The van der Waals surface area contributed by atoms with Crippen molar-refractivity contribution in [1.82, 2.24) is 10.3 Å². The molecule has 0 saturated heterocycles. The maximum Gasteiger partial charge on any atom is 0.261 e. The van der Waals surface area contributed by atoms with E-state index >= 15 is 0 Å². The van der Waals surface area contributed by atoms with Crippen LogP contribution in [-0.4, -0.2) is 16.1 Å². The van der Waals surface area contributed by atoms with Crippen LogP contribution in [0.5, 0.6) is 0 Å². The topological polar surface area (TPSA) is 65.8 Å². The van der Waals surface area contributed by atoms with E-state index in [0.29, 0.717) is 0 Å². The van der Waals surface area contributed by atoms with Crippen molar-refractivity contribution in [3.8, 4) is 0 Å². The number of nitrogens with zero attached hydrogens (tertiary/aromatic N) is 1. The van der Waals surface area contributed by atoms with Gasteiger partial charge in [0, 0.05) is 0 Å². The molecule has 0 bridgehead atoms. The number of halogens is 3. The van der Waals surface area contributed by atoms with Gasteiger partial charge in [0.15, 0.2) is 5.17 Å². The normalized spacial score (nSPS) is 9.87. The zero-order valence-corrected chi connectivity index (χ0v) is 10.2. The zero-order valence-electron chi connectivity index (χ0n) is 7.01. The Bertz CT molecular complexity index is 414. The van der Waals surface area contributed by atoms with Gasteiger partial charge in [0.2, 0.25) is 0 Å². The molecule has 1 heterocycles. The summed E-state index contributed by atoms with van der Waals surface area (Å²) in [5.74, 6) is -0.658. The maximum absolute atomic E-state index is 11.5. The maximum atomic E-state index is 11.5. The predicted molar refractivity (Wildman–Crippen MR) is 63.4 cm³/mol. The minimum atomic E-state index is -0.658. The highest BCUT2D eigenvalue weighted by Crippen LogP contribution is 2.25. The van der Waals surface area contributed by atoms with Gasteiger partial charge in [-0.25, -0.2) is 4.98 Å². The van der Waals surface area contributed by atoms with Crippen molar-refractivity contribution in [2.75, 3.05) is 0 Å². The standard InChI is InChI=1S/C7H4Cl3N3OS/c8-2-1-3(9)12-5(10)4(2)6(14)13-7(11)15/h1H,(H3,11,13,14,15). The Labute approximate surface area is 106 Å². The van der Waals surface area contributed by atoms with Gasteiger partial charge >= 0.3 is 0 Å². The number of nitrogens with one attached hydrogen (secondary N) is 2. The molecule has 4 nitrogen and oxygen atoms in total. The molecule has 0 aliphatic rings. The van der Waals surface area contributed by atoms with Gasteiger partial charge in [-0.15, -0.1) is 12.6 Å². The molecule has 1 rings (SSSR count). The number of amidine groups is 1. The van der Waals surface area contributed by atoms with Gasteiger partial charge in [-0.1, -0.05) is 34.8 Å². The summed E-state index contributed by atoms with van der Waals surface area (Å²) >= 11 is 20.6. The minimum absolute atomic E-state index is 0.0402. The third-order valence-electron chi connectivity index (χ3n) is 1.35. The van der Waals surface area contributed by atoms with Crippen molar-refractivity contribution in [3.05, 3.63) is 27.0 Å². The molecule has 0 atom stereocenters. The van der Waals surface area contributed by atoms with Gasteiger partial charge in [0.1, 0.15) is 10.3 Å². The lowest BCUT2D eigenvalue weighted by atomic mass is 10.2. The third-order valence-corrected chi connectivity index (χ3v) is 2.23. The van der Waals surface area contributed by atoms with Crippen molar-refractivity contribution >= 4 is 58.5 Å². The number of hydrogen-bond acceptors (Lipinski definition) is 3. The Morgan fingerprint density at radius 1 is 1.47 bits per heavy atom. The molecule has 1 amide bonds. The van der Waals surface area contributed by atoms with Crippen LogP contribution in [0.4, 0.5) is 0 Å². The number of amides is 1. The first-order valence-electron chi connectivity index (χ1n) is 3.52. The summed E-state index contributed by atoms with van der Waals surface area (Å²) in [7, 11) is 0. The van der Waals surface area contributed by atoms with E-state index in [-0.39, 0.29) is 26.1 Å². The van der Waals surface area contributed by atoms with E-state index < -0.39 is 5.91 Å². The highest BCUT2D eigenvalue weighted by molar-refractivity contribution is 7.96. The highest BCUT2D eigenvalue weighted by atomic mass is 35.5. The molecule has 0 spiro atoms. The van der Waals surface area contributed by atoms with Gasteiger partial charge in [0.05, 0.1) is 10.6 Å². The third kappa shape index (κ3) is 3.24. The predicted octanol–water partition coefficient (Wildman–Crippen LogP) is 2.64. The molecule has 1 aromatic heterocycles. The van der Waals surface area contributed by atoms with E-state index in [9.17, 15) is 4.79 Å². The fraction of sp³-hybridized carbons (Fsp3) is 0. The lowest BCUT2D eigenvalue weighted by Gasteiger charge is -2.06. The van der Waals surface area contributed by atoms with Crippen LogP contribution < -0.4 is 5.32 Å². The average Bonchev–Trinajstić information content (AvgIpc) is 1.99. The van der Waals surface area contributed by atoms with Crippen LogP contribution in [0.2, 0.25) is 15.3 Å². The SMILES string of the molecule is N=C(S)NC(=O)c1c(Cl)cc(Cl)nc1Cl. The molecule has 0 aliphatic heterocycles. The quantitative estimate of drug-likeness (QED) is 0.321. The molecule has 0 radical (unpaired) electrons. The van der Waals surface area contributed by atoms with Crippen LogP contribution >= 0.6 is 47.4 Å². The fourth-order valence-electron chi connectivity index (χ4n) is 0.829. The molecular weight excluding hydrogens is 281 g/mol. The van der Waals surface area contributed by atoms with E-state index in [1.54, 1.807) is 0 Å². The van der Waals surface area contributed by atoms with E-state index in [1.807, 2.05) is 0 Å². The first-order chi connectivity index (χ1) is 6.91. The van der Waals surface area contributed by atoms with Gasteiger partial charge in [-0.05, 0) is 6.07 Å². The number of thiol groups is 1. The Balaban J connectivity index is 3.14. The van der Waals surface area contributed by atoms with Crippen LogP contribution in [-0.2, 0) is 0 Å². The molecule has 0 unspecified atom stereocenters. The molecule has 2 N–H and O–H groups in total. The van der Waals surface area contributed by atoms with Gasteiger partial charge in [-0.2, -0.15) is 0 Å². The second kappa shape index (κ2) is 5.03. The Morgan fingerprint density at radius 2 is 2.07 bits per heavy atom. The molecule has 8 heteroatoms. The summed E-state index contributed by atoms with van der Waals surface area (Å²) in [6.45, 7) is 0. The first kappa shape index (κ1) is 12.6. The Morgan fingerprint density at radius 3 is 2.53 bits per heavy atom. The summed E-state index contributed by atoms with van der Waals surface area (Å²) in [5, 5.41) is 8.78. The monoisotopic (exact) mass is 283 g/mol. The second-order valence-electron chi connectivity index (χ2n) is 2.40. The molecule has 0 aliphatic carbocycles. The van der Waals surface area contributed by atoms with E-state index in [1.165, 1.54) is 6.07 Å². The van der Waals surface area contributed by atoms with Crippen LogP contribution in [0.25, 0.3) is 0 Å². The number of pyridine rings is 1. The average molecular weight is 285 g/mol. The molecule has 0 saturated carbocycles. The second-order valence-corrected chi connectivity index (χ2v) is 4.00. The van der Waals surface area contributed by atoms with Gasteiger partial charge in [0.25, 0.3) is 5.91 Å². The number of carbonyl (C=O) groups excluding carboxylic acids is 1. The number of aromatic nitrogens is 1. The summed E-state index contributed by atoms with van der Waals surface area (Å²) in [5.41, 5.74) is -0.0402. The van der Waals surface area contributed by atoms with E-state index in [2.05, 4.69) is 22.9 Å². The Hall–Kier alpha value is -0.490. The van der Waals surface area contributed by atoms with Gasteiger partial charge in [-0.3, -0.25) is 10.2 Å². The summed E-state index contributed by atoms with van der Waals surface area (Å²) in [6, 6.07) is 1.28. The lowest BCUT2D eigenvalue weighted by Crippen LogP contribution is -2.26. The number of rotatable bonds is 1. The van der Waals surface area contributed by atoms with Gasteiger partial charge < -0.3 is 5.32 Å². The highest BCUT2D eigenvalue weighted by Gasteiger charge is 2.17. The largest absolute Gasteiger partial charge is 0.302 e. The summed E-state index contributed by atoms with van der Waals surface area (Å²) < 4.78 is 0. The number of hydrogen-bond donors (Lipinski definition) is 3. The van der Waals surface area contributed by atoms with Crippen molar-refractivity contribution in [3.63, 3.8) is 0 Å². The van der Waals surface area contributed by atoms with E-state index in [0.717, 1.165) is 0 Å². The number of carbonyl (C=O) groups is 1. The van der Waals surface area contributed by atoms with Crippen molar-refractivity contribution in [2.24, 2.45) is 0 Å². The summed E-state index contributed by atoms with van der Waals surface area (Å²) in [4.78, 5) is 15.1. The molecule has 1 aromatic rings. The van der Waals surface area contributed by atoms with Crippen LogP contribution in [0.1, 0.15) is 10.4 Å². The first-order valence-corrected chi connectivity index (χ1v) is 5.10. The zero-order chi connectivity index (χ0) is 11.6. The molecular formula is C7H4Cl3N3OS. The Kier molecular flexibility index (Phi) is 4.21. The molecule has 80 valence electrons. The van der Waals surface area contributed by atoms with Crippen LogP contribution in [0.3, 0.4) is 0 Å². The van der Waals surface area contributed by atoms with Crippen molar-refractivity contribution in [1.29, 1.82) is 5.41 Å². The van der Waals surface area contributed by atoms with Crippen molar-refractivity contribution in [2.45, 2.75) is 0 Å². The smallest absolute Gasteiger partial charge is 0.261 e. The lowest BCUT2D eigenvalue weighted by molar-refractivity contribution is 0.0978. The molecule has 0 aromatic carbocycles. The molecule has 0 fully saturated rings. The van der Waals surface area contributed by atoms with Crippen LogP contribution in [0.15, 0.2) is 6.07 Å². The van der Waals surface area contributed by atoms with Crippen molar-refractivity contribution < 1.29 is 4.79 Å². The van der Waals surface area contributed by atoms with Crippen LogP contribution in [0, 0.1) is 5.41 Å². The minimum Gasteiger partial charge on any atom is -0.302 e. The molecule has 15 heavy (non-hydrogen) atoms. The van der Waals surface area contributed by atoms with E-state index in [4.69, 9.17) is 40.2 Å². The summed E-state index contributed by atoms with van der Waals surface area (Å²) in [6.07, 6.45) is 0. The fourth-order valence-corrected chi connectivity index (χ4v) is 1.83.